The van der Waals surface area contributed by atoms with Crippen LogP contribution in [0.25, 0.3) is 6.08 Å². The van der Waals surface area contributed by atoms with Gasteiger partial charge in [-0.1, -0.05) is 32.9 Å². The maximum absolute atomic E-state index is 12.3. The zero-order valence-electron chi connectivity index (χ0n) is 13.6. The van der Waals surface area contributed by atoms with Crippen LogP contribution in [0.1, 0.15) is 26.3 Å². The maximum Gasteiger partial charge on any atom is 0.275 e. The van der Waals surface area contributed by atoms with Crippen molar-refractivity contribution in [1.82, 2.24) is 5.01 Å². The van der Waals surface area contributed by atoms with Crippen molar-refractivity contribution >= 4 is 23.4 Å². The Kier molecular flexibility index (Phi) is 3.90. The predicted molar refractivity (Wildman–Crippen MR) is 88.4 cm³/mol. The minimum absolute atomic E-state index is 0.0448. The predicted octanol–water partition coefficient (Wildman–Crippen LogP) is 3.01. The van der Waals surface area contributed by atoms with Crippen LogP contribution in [0.5, 0.6) is 0 Å². The number of hydrogen-bond donors (Lipinski definition) is 0. The summed E-state index contributed by atoms with van der Waals surface area (Å²) in [4.78, 5) is 14.3. The average Bonchev–Trinajstić information content (AvgIpc) is 2.67. The molecule has 0 spiro atoms. The lowest BCUT2D eigenvalue weighted by Crippen LogP contribution is -2.22. The molecule has 0 N–H and O–H groups in total. The second kappa shape index (κ2) is 5.35. The molecule has 0 bridgehead atoms. The third kappa shape index (κ3) is 3.15. The molecule has 0 aliphatic carbocycles. The topological polar surface area (TPSA) is 35.9 Å². The van der Waals surface area contributed by atoms with Crippen LogP contribution in [0.4, 0.5) is 5.69 Å². The average molecular weight is 285 g/mol. The molecule has 21 heavy (non-hydrogen) atoms. The zero-order chi connectivity index (χ0) is 15.8. The van der Waals surface area contributed by atoms with Crippen molar-refractivity contribution in [2.24, 2.45) is 10.5 Å². The molecule has 1 aromatic carbocycles. The first-order valence-corrected chi connectivity index (χ1v) is 7.07. The summed E-state index contributed by atoms with van der Waals surface area (Å²) in [6.07, 6.45) is 1.93. The van der Waals surface area contributed by atoms with Crippen molar-refractivity contribution in [2.75, 3.05) is 26.0 Å². The molecular weight excluding hydrogens is 262 g/mol. The smallest absolute Gasteiger partial charge is 0.275 e. The summed E-state index contributed by atoms with van der Waals surface area (Å²) >= 11 is 0. The van der Waals surface area contributed by atoms with Gasteiger partial charge in [0, 0.05) is 32.2 Å². The first kappa shape index (κ1) is 15.3. The lowest BCUT2D eigenvalue weighted by molar-refractivity contribution is -0.124. The number of likely N-dealkylation sites (N-methyl/N-ethyl adjacent to an activating group) is 1. The number of nitrogens with zero attached hydrogens (tertiary/aromatic N) is 3. The minimum Gasteiger partial charge on any atom is -0.378 e. The summed E-state index contributed by atoms with van der Waals surface area (Å²) in [5.41, 5.74) is 3.51. The van der Waals surface area contributed by atoms with E-state index in [1.807, 2.05) is 49.3 Å². The fraction of sp³-hybridized carbons (Fsp3) is 0.412. The van der Waals surface area contributed by atoms with Crippen molar-refractivity contribution in [3.63, 3.8) is 0 Å². The van der Waals surface area contributed by atoms with E-state index in [2.05, 4.69) is 25.9 Å². The molecule has 1 amide bonds. The van der Waals surface area contributed by atoms with Gasteiger partial charge in [0.1, 0.15) is 0 Å². The van der Waals surface area contributed by atoms with Gasteiger partial charge in [0.05, 0.1) is 11.3 Å². The molecule has 4 nitrogen and oxygen atoms in total. The van der Waals surface area contributed by atoms with Crippen LogP contribution in [0, 0.1) is 5.41 Å². The Morgan fingerprint density at radius 1 is 1.14 bits per heavy atom. The van der Waals surface area contributed by atoms with Crippen LogP contribution in [0.2, 0.25) is 0 Å². The lowest BCUT2D eigenvalue weighted by atomic mass is 9.85. The quantitative estimate of drug-likeness (QED) is 0.783. The molecule has 0 unspecified atom stereocenters. The van der Waals surface area contributed by atoms with Crippen molar-refractivity contribution in [2.45, 2.75) is 20.8 Å². The summed E-state index contributed by atoms with van der Waals surface area (Å²) < 4.78 is 0. The van der Waals surface area contributed by atoms with Crippen LogP contribution in [-0.4, -0.2) is 37.8 Å². The second-order valence-electron chi connectivity index (χ2n) is 6.57. The minimum atomic E-state index is -0.157. The number of anilines is 1. The summed E-state index contributed by atoms with van der Waals surface area (Å²) in [7, 11) is 5.71. The first-order valence-electron chi connectivity index (χ1n) is 7.07. The molecule has 4 heteroatoms. The standard InChI is InChI=1S/C17H23N3O/c1-17(2,3)15-14(16(21)20(6)18-15)11-12-7-9-13(10-8-12)19(4)5/h7-11H,1-6H3/b14-11+. The van der Waals surface area contributed by atoms with E-state index in [1.165, 1.54) is 5.01 Å². The third-order valence-electron chi connectivity index (χ3n) is 3.46. The monoisotopic (exact) mass is 285 g/mol. The molecule has 1 heterocycles. The molecular formula is C17H23N3O. The number of hydrazone groups is 1. The van der Waals surface area contributed by atoms with Crippen molar-refractivity contribution in [3.8, 4) is 0 Å². The van der Waals surface area contributed by atoms with E-state index in [-0.39, 0.29) is 11.3 Å². The van der Waals surface area contributed by atoms with E-state index in [0.29, 0.717) is 5.57 Å². The molecule has 1 aliphatic heterocycles. The zero-order valence-corrected chi connectivity index (χ0v) is 13.6. The Bertz CT molecular complexity index is 604. The Balaban J connectivity index is 2.39. The fourth-order valence-electron chi connectivity index (χ4n) is 2.24. The highest BCUT2D eigenvalue weighted by Gasteiger charge is 2.34. The van der Waals surface area contributed by atoms with Gasteiger partial charge in [0.15, 0.2) is 0 Å². The van der Waals surface area contributed by atoms with Gasteiger partial charge < -0.3 is 4.90 Å². The Hall–Kier alpha value is -2.10. The van der Waals surface area contributed by atoms with Gasteiger partial charge in [0.25, 0.3) is 5.91 Å². The van der Waals surface area contributed by atoms with E-state index in [9.17, 15) is 4.79 Å². The molecule has 0 atom stereocenters. The summed E-state index contributed by atoms with van der Waals surface area (Å²) in [5.74, 6) is -0.0448. The van der Waals surface area contributed by atoms with Crippen LogP contribution in [0.15, 0.2) is 34.9 Å². The molecule has 1 aromatic rings. The maximum atomic E-state index is 12.3. The number of rotatable bonds is 2. The molecule has 0 aromatic heterocycles. The van der Waals surface area contributed by atoms with Gasteiger partial charge >= 0.3 is 0 Å². The van der Waals surface area contributed by atoms with Crippen LogP contribution in [0.3, 0.4) is 0 Å². The molecule has 0 radical (unpaired) electrons. The molecule has 112 valence electrons. The largest absolute Gasteiger partial charge is 0.378 e. The van der Waals surface area contributed by atoms with Gasteiger partial charge in [-0.05, 0) is 23.8 Å². The fourth-order valence-corrected chi connectivity index (χ4v) is 2.24. The normalized spacial score (nSPS) is 17.4. The van der Waals surface area contributed by atoms with Gasteiger partial charge in [-0.15, -0.1) is 0 Å². The summed E-state index contributed by atoms with van der Waals surface area (Å²) in [6, 6.07) is 8.13. The van der Waals surface area contributed by atoms with Crippen molar-refractivity contribution < 1.29 is 4.79 Å². The van der Waals surface area contributed by atoms with Gasteiger partial charge in [-0.25, -0.2) is 5.01 Å². The molecule has 1 aliphatic rings. The number of benzene rings is 1. The molecule has 0 saturated heterocycles. The van der Waals surface area contributed by atoms with Crippen LogP contribution < -0.4 is 4.90 Å². The molecule has 0 saturated carbocycles. The lowest BCUT2D eigenvalue weighted by Gasteiger charge is -2.18. The second-order valence-corrected chi connectivity index (χ2v) is 6.57. The number of hydrogen-bond acceptors (Lipinski definition) is 3. The van der Waals surface area contributed by atoms with E-state index in [1.54, 1.807) is 7.05 Å². The van der Waals surface area contributed by atoms with Crippen LogP contribution in [-0.2, 0) is 4.79 Å². The van der Waals surface area contributed by atoms with E-state index < -0.39 is 0 Å². The van der Waals surface area contributed by atoms with Crippen molar-refractivity contribution in [1.29, 1.82) is 0 Å². The van der Waals surface area contributed by atoms with E-state index in [4.69, 9.17) is 0 Å². The summed E-state index contributed by atoms with van der Waals surface area (Å²) in [5, 5.41) is 5.81. The van der Waals surface area contributed by atoms with Gasteiger partial charge in [-0.2, -0.15) is 5.10 Å². The number of amides is 1. The highest BCUT2D eigenvalue weighted by Crippen LogP contribution is 2.29. The van der Waals surface area contributed by atoms with Gasteiger partial charge in [0.2, 0.25) is 0 Å². The Labute approximate surface area is 126 Å². The van der Waals surface area contributed by atoms with E-state index in [0.717, 1.165) is 17.0 Å². The van der Waals surface area contributed by atoms with E-state index >= 15 is 0 Å². The van der Waals surface area contributed by atoms with Gasteiger partial charge in [-0.3, -0.25) is 4.79 Å². The Morgan fingerprint density at radius 2 is 1.71 bits per heavy atom. The highest BCUT2D eigenvalue weighted by atomic mass is 16.2. The number of carbonyl (C=O) groups is 1. The Morgan fingerprint density at radius 3 is 2.19 bits per heavy atom. The molecule has 0 fully saturated rings. The highest BCUT2D eigenvalue weighted by molar-refractivity contribution is 6.28. The summed E-state index contributed by atoms with van der Waals surface area (Å²) in [6.45, 7) is 6.21. The van der Waals surface area contributed by atoms with Crippen molar-refractivity contribution in [3.05, 3.63) is 35.4 Å². The SMILES string of the molecule is CN1N=C(C(C)(C)C)/C(=C\c2ccc(N(C)C)cc2)C1=O. The first-order chi connectivity index (χ1) is 9.70. The molecule has 2 rings (SSSR count). The number of carbonyl (C=O) groups excluding carboxylic acids is 1. The van der Waals surface area contributed by atoms with Crippen LogP contribution >= 0.6 is 0 Å². The third-order valence-corrected chi connectivity index (χ3v) is 3.46.